The van der Waals surface area contributed by atoms with Crippen LogP contribution in [0.5, 0.6) is 0 Å². The van der Waals surface area contributed by atoms with Crippen LogP contribution in [-0.4, -0.2) is 7.11 Å². The molecular weight excluding hydrogens is 243 g/mol. The van der Waals surface area contributed by atoms with Gasteiger partial charge in [0.25, 0.3) is 0 Å². The summed E-state index contributed by atoms with van der Waals surface area (Å²) in [5, 5.41) is 0. The highest BCUT2D eigenvalue weighted by Crippen LogP contribution is 2.15. The van der Waals surface area contributed by atoms with Crippen LogP contribution < -0.4 is 11.3 Å². The second-order valence-electron chi connectivity index (χ2n) is 3.92. The van der Waals surface area contributed by atoms with Crippen molar-refractivity contribution < 1.29 is 9.13 Å². The topological polar surface area (TPSA) is 47.3 Å². The Hall–Kier alpha value is -2.07. The number of halogens is 1. The molecule has 2 rings (SSSR count). The maximum Gasteiger partial charge on any atom is 0.150 e. The number of hydrogen-bond donors (Lipinski definition) is 2. The largest absolute Gasteiger partial charge is 0.494 e. The Morgan fingerprint density at radius 1 is 1.26 bits per heavy atom. The van der Waals surface area contributed by atoms with E-state index in [-0.39, 0.29) is 5.83 Å². The van der Waals surface area contributed by atoms with Crippen molar-refractivity contribution in [2.45, 2.75) is 13.3 Å². The second-order valence-corrected chi connectivity index (χ2v) is 3.92. The summed E-state index contributed by atoms with van der Waals surface area (Å²) in [5.74, 6) is 5.31. The summed E-state index contributed by atoms with van der Waals surface area (Å²) in [4.78, 5) is 0. The van der Waals surface area contributed by atoms with Crippen LogP contribution in [0.1, 0.15) is 12.0 Å². The van der Waals surface area contributed by atoms with E-state index >= 15 is 0 Å². The molecule has 19 heavy (non-hydrogen) atoms. The van der Waals surface area contributed by atoms with Crippen LogP contribution in [0.25, 0.3) is 0 Å². The van der Waals surface area contributed by atoms with Crippen molar-refractivity contribution in [3.05, 3.63) is 65.7 Å². The first-order valence-corrected chi connectivity index (χ1v) is 5.97. The highest BCUT2D eigenvalue weighted by atomic mass is 19.1. The standard InChI is InChI=1S/C8H9FO.C7H10N2/c1-10-8-6-4-2-3-5-7(8)9;1-6-4-2-3-5-7(6)9-8/h2-4,6H,5H2,1H3;2-5,9H,8H2,1H3. The van der Waals surface area contributed by atoms with Crippen molar-refractivity contribution in [1.82, 2.24) is 0 Å². The fraction of sp³-hybridized carbons (Fsp3) is 0.200. The Balaban J connectivity index is 0.000000191. The van der Waals surface area contributed by atoms with Crippen LogP contribution in [0, 0.1) is 6.92 Å². The number of nitrogens with one attached hydrogen (secondary N) is 1. The van der Waals surface area contributed by atoms with Gasteiger partial charge in [0.15, 0.2) is 5.76 Å². The third-order valence-corrected chi connectivity index (χ3v) is 2.58. The number of nitrogens with two attached hydrogens (primary N) is 1. The van der Waals surface area contributed by atoms with Gasteiger partial charge in [-0.1, -0.05) is 36.4 Å². The SMILES string of the molecule is COC1=C(F)CC=CC=C1.Cc1ccccc1NN. The molecule has 0 amide bonds. The van der Waals surface area contributed by atoms with E-state index in [0.29, 0.717) is 12.2 Å². The van der Waals surface area contributed by atoms with Gasteiger partial charge < -0.3 is 10.2 Å². The highest BCUT2D eigenvalue weighted by Gasteiger charge is 2.02. The van der Waals surface area contributed by atoms with Crippen LogP contribution in [-0.2, 0) is 4.74 Å². The molecule has 102 valence electrons. The highest BCUT2D eigenvalue weighted by molar-refractivity contribution is 5.48. The fourth-order valence-electron chi connectivity index (χ4n) is 1.50. The van der Waals surface area contributed by atoms with Crippen LogP contribution in [0.4, 0.5) is 10.1 Å². The van der Waals surface area contributed by atoms with Crippen LogP contribution in [0.15, 0.2) is 60.2 Å². The van der Waals surface area contributed by atoms with E-state index in [2.05, 4.69) is 5.43 Å². The number of anilines is 1. The van der Waals surface area contributed by atoms with Gasteiger partial charge in [-0.2, -0.15) is 0 Å². The number of methoxy groups -OCH3 is 1. The molecule has 1 aromatic carbocycles. The summed E-state index contributed by atoms with van der Waals surface area (Å²) in [6.07, 6.45) is 7.24. The van der Waals surface area contributed by atoms with Crippen LogP contribution in [0.3, 0.4) is 0 Å². The Morgan fingerprint density at radius 3 is 2.58 bits per heavy atom. The molecule has 3 nitrogen and oxygen atoms in total. The number of hydrazine groups is 1. The molecule has 1 aliphatic carbocycles. The zero-order valence-electron chi connectivity index (χ0n) is 11.2. The summed E-state index contributed by atoms with van der Waals surface area (Å²) in [6, 6.07) is 7.88. The van der Waals surface area contributed by atoms with Crippen LogP contribution in [0.2, 0.25) is 0 Å². The van der Waals surface area contributed by atoms with Gasteiger partial charge in [0.1, 0.15) is 5.83 Å². The van der Waals surface area contributed by atoms with Gasteiger partial charge in [-0.25, -0.2) is 4.39 Å². The number of rotatable bonds is 2. The molecule has 0 bridgehead atoms. The van der Waals surface area contributed by atoms with Gasteiger partial charge >= 0.3 is 0 Å². The molecule has 0 saturated heterocycles. The lowest BCUT2D eigenvalue weighted by Crippen LogP contribution is -2.07. The lowest BCUT2D eigenvalue weighted by molar-refractivity contribution is 0.289. The van der Waals surface area contributed by atoms with Crippen molar-refractivity contribution in [2.24, 2.45) is 5.84 Å². The van der Waals surface area contributed by atoms with E-state index in [1.165, 1.54) is 12.7 Å². The number of hydrogen-bond acceptors (Lipinski definition) is 3. The average molecular weight is 262 g/mol. The van der Waals surface area contributed by atoms with Gasteiger partial charge in [0.2, 0.25) is 0 Å². The predicted octanol–water partition coefficient (Wildman–Crippen LogP) is 3.61. The van der Waals surface area contributed by atoms with Gasteiger partial charge in [-0.3, -0.25) is 5.84 Å². The van der Waals surface area contributed by atoms with Gasteiger partial charge in [-0.05, 0) is 24.6 Å². The van der Waals surface area contributed by atoms with Crippen molar-refractivity contribution in [3.63, 3.8) is 0 Å². The molecule has 0 atom stereocenters. The fourth-order valence-corrected chi connectivity index (χ4v) is 1.50. The van der Waals surface area contributed by atoms with E-state index in [4.69, 9.17) is 10.6 Å². The van der Waals surface area contributed by atoms with E-state index < -0.39 is 0 Å². The minimum atomic E-state index is -0.215. The van der Waals surface area contributed by atoms with E-state index in [9.17, 15) is 4.39 Å². The third kappa shape index (κ3) is 4.97. The second kappa shape index (κ2) is 8.11. The number of benzene rings is 1. The van der Waals surface area contributed by atoms with Gasteiger partial charge in [0.05, 0.1) is 12.8 Å². The molecule has 0 radical (unpaired) electrons. The minimum absolute atomic E-state index is 0.215. The summed E-state index contributed by atoms with van der Waals surface area (Å²) in [5.41, 5.74) is 4.75. The summed E-state index contributed by atoms with van der Waals surface area (Å²) in [7, 11) is 1.46. The van der Waals surface area contributed by atoms with Crippen molar-refractivity contribution in [1.29, 1.82) is 0 Å². The first-order chi connectivity index (χ1) is 9.19. The molecule has 0 aliphatic heterocycles. The van der Waals surface area contributed by atoms with Crippen molar-refractivity contribution in [3.8, 4) is 0 Å². The average Bonchev–Trinajstić information content (AvgIpc) is 2.64. The van der Waals surface area contributed by atoms with Crippen LogP contribution >= 0.6 is 0 Å². The first kappa shape index (κ1) is 15.0. The molecule has 0 saturated carbocycles. The number of para-hydroxylation sites is 1. The summed E-state index contributed by atoms with van der Waals surface area (Å²) >= 11 is 0. The molecule has 0 spiro atoms. The predicted molar refractivity (Wildman–Crippen MR) is 77.0 cm³/mol. The molecule has 1 aliphatic rings. The maximum atomic E-state index is 12.8. The molecular formula is C15H19FN2O. The zero-order valence-corrected chi connectivity index (χ0v) is 11.2. The molecule has 0 fully saturated rings. The zero-order chi connectivity index (χ0) is 14.1. The Kier molecular flexibility index (Phi) is 6.39. The Bertz CT molecular complexity index is 493. The Morgan fingerprint density at radius 2 is 2.00 bits per heavy atom. The van der Waals surface area contributed by atoms with E-state index in [1.807, 2.05) is 31.2 Å². The molecule has 4 heteroatoms. The molecule has 0 heterocycles. The van der Waals surface area contributed by atoms with Gasteiger partial charge in [0, 0.05) is 6.42 Å². The maximum absolute atomic E-state index is 12.8. The van der Waals surface area contributed by atoms with E-state index in [1.54, 1.807) is 24.3 Å². The Labute approximate surface area is 113 Å². The van der Waals surface area contributed by atoms with Crippen molar-refractivity contribution in [2.75, 3.05) is 12.5 Å². The lowest BCUT2D eigenvalue weighted by Gasteiger charge is -2.01. The lowest BCUT2D eigenvalue weighted by atomic mass is 10.2. The minimum Gasteiger partial charge on any atom is -0.494 e. The number of allylic oxidation sites excluding steroid dienone is 5. The van der Waals surface area contributed by atoms with E-state index in [0.717, 1.165) is 5.69 Å². The summed E-state index contributed by atoms with van der Waals surface area (Å²) in [6.45, 7) is 2.01. The molecule has 3 N–H and O–H groups in total. The normalized spacial score (nSPS) is 13.5. The number of ether oxygens (including phenoxy) is 1. The summed E-state index contributed by atoms with van der Waals surface area (Å²) < 4.78 is 17.5. The quantitative estimate of drug-likeness (QED) is 0.632. The molecule has 1 aromatic rings. The number of aryl methyl sites for hydroxylation is 1. The first-order valence-electron chi connectivity index (χ1n) is 5.97. The smallest absolute Gasteiger partial charge is 0.150 e. The van der Waals surface area contributed by atoms with Crippen molar-refractivity contribution >= 4 is 5.69 Å². The molecule has 0 aromatic heterocycles. The monoisotopic (exact) mass is 262 g/mol. The number of nitrogen functional groups attached to an aromatic ring is 1. The third-order valence-electron chi connectivity index (χ3n) is 2.58. The van der Waals surface area contributed by atoms with Gasteiger partial charge in [-0.15, -0.1) is 0 Å². The molecule has 0 unspecified atom stereocenters.